The lowest BCUT2D eigenvalue weighted by atomic mass is 10.1. The number of hydrogen-bond acceptors (Lipinski definition) is 3. The van der Waals surface area contributed by atoms with Crippen molar-refractivity contribution in [1.82, 2.24) is 14.9 Å². The van der Waals surface area contributed by atoms with Gasteiger partial charge in [-0.1, -0.05) is 24.3 Å². The first-order valence-corrected chi connectivity index (χ1v) is 7.35. The summed E-state index contributed by atoms with van der Waals surface area (Å²) in [4.78, 5) is 15.9. The normalized spacial score (nSPS) is 11.3. The molecular weight excluding hydrogens is 278 g/mol. The molecule has 0 saturated heterocycles. The summed E-state index contributed by atoms with van der Waals surface area (Å²) in [5.74, 6) is 0. The summed E-state index contributed by atoms with van der Waals surface area (Å²) in [5.41, 5.74) is 2.82. The summed E-state index contributed by atoms with van der Waals surface area (Å²) in [6, 6.07) is 8.26. The molecule has 1 heterocycles. The highest BCUT2D eigenvalue weighted by Crippen LogP contribution is 2.10. The minimum Gasteiger partial charge on any atom is -0.444 e. The van der Waals surface area contributed by atoms with Gasteiger partial charge in [0, 0.05) is 12.7 Å². The molecule has 0 atom stereocenters. The largest absolute Gasteiger partial charge is 0.444 e. The summed E-state index contributed by atoms with van der Waals surface area (Å²) in [6.07, 6.45) is 3.28. The molecule has 0 aliphatic heterocycles. The third-order valence-corrected chi connectivity index (χ3v) is 3.11. The number of carbonyl (C=O) groups excluding carboxylic acids is 1. The number of benzene rings is 1. The summed E-state index contributed by atoms with van der Waals surface area (Å²) in [5, 5.41) is 2.71. The SMILES string of the molecule is Cc1ccccc1Cn1cnc(CNC(=O)OC(C)(C)C)c1. The Balaban J connectivity index is 1.89. The molecular formula is C17H23N3O2. The second kappa shape index (κ2) is 6.64. The highest BCUT2D eigenvalue weighted by molar-refractivity contribution is 5.67. The van der Waals surface area contributed by atoms with E-state index in [0.29, 0.717) is 6.54 Å². The maximum atomic E-state index is 11.6. The Morgan fingerprint density at radius 1 is 1.32 bits per heavy atom. The second-order valence-corrected chi connectivity index (χ2v) is 6.32. The molecule has 5 nitrogen and oxygen atoms in total. The van der Waals surface area contributed by atoms with Crippen LogP contribution in [0.4, 0.5) is 4.79 Å². The fourth-order valence-corrected chi connectivity index (χ4v) is 2.05. The number of aromatic nitrogens is 2. The lowest BCUT2D eigenvalue weighted by molar-refractivity contribution is 0.0523. The third-order valence-electron chi connectivity index (χ3n) is 3.11. The van der Waals surface area contributed by atoms with Crippen LogP contribution in [0.5, 0.6) is 0 Å². The molecule has 5 heteroatoms. The van der Waals surface area contributed by atoms with Crippen LogP contribution in [-0.2, 0) is 17.8 Å². The fourth-order valence-electron chi connectivity index (χ4n) is 2.05. The Bertz CT molecular complexity index is 641. The molecule has 0 aliphatic rings. The van der Waals surface area contributed by atoms with E-state index in [0.717, 1.165) is 12.2 Å². The Kier molecular flexibility index (Phi) is 4.85. The number of hydrogen-bond donors (Lipinski definition) is 1. The molecule has 0 spiro atoms. The van der Waals surface area contributed by atoms with Gasteiger partial charge in [-0.15, -0.1) is 0 Å². The zero-order valence-corrected chi connectivity index (χ0v) is 13.6. The molecule has 22 heavy (non-hydrogen) atoms. The Morgan fingerprint density at radius 3 is 2.73 bits per heavy atom. The molecule has 2 aromatic rings. The number of amides is 1. The van der Waals surface area contributed by atoms with Crippen molar-refractivity contribution in [3.05, 3.63) is 53.6 Å². The van der Waals surface area contributed by atoms with Crippen LogP contribution in [-0.4, -0.2) is 21.2 Å². The molecule has 118 valence electrons. The molecule has 0 fully saturated rings. The Hall–Kier alpha value is -2.30. The van der Waals surface area contributed by atoms with E-state index in [2.05, 4.69) is 29.4 Å². The van der Waals surface area contributed by atoms with Crippen LogP contribution in [0.2, 0.25) is 0 Å². The van der Waals surface area contributed by atoms with Crippen molar-refractivity contribution in [3.8, 4) is 0 Å². The number of aryl methyl sites for hydroxylation is 1. The van der Waals surface area contributed by atoms with Crippen LogP contribution in [0.1, 0.15) is 37.6 Å². The van der Waals surface area contributed by atoms with E-state index < -0.39 is 11.7 Å². The van der Waals surface area contributed by atoms with Gasteiger partial charge in [-0.25, -0.2) is 9.78 Å². The van der Waals surface area contributed by atoms with Gasteiger partial charge >= 0.3 is 6.09 Å². The van der Waals surface area contributed by atoms with E-state index in [1.54, 1.807) is 6.33 Å². The van der Waals surface area contributed by atoms with Gasteiger partial charge in [0.15, 0.2) is 0 Å². The molecule has 0 radical (unpaired) electrons. The lowest BCUT2D eigenvalue weighted by Gasteiger charge is -2.19. The number of rotatable bonds is 4. The zero-order valence-electron chi connectivity index (χ0n) is 13.6. The number of nitrogens with zero attached hydrogens (tertiary/aromatic N) is 2. The lowest BCUT2D eigenvalue weighted by Crippen LogP contribution is -2.32. The van der Waals surface area contributed by atoms with E-state index in [1.165, 1.54) is 11.1 Å². The number of ether oxygens (including phenoxy) is 1. The topological polar surface area (TPSA) is 56.2 Å². The summed E-state index contributed by atoms with van der Waals surface area (Å²) < 4.78 is 7.20. The van der Waals surface area contributed by atoms with Gasteiger partial charge in [-0.05, 0) is 38.8 Å². The minimum atomic E-state index is -0.492. The van der Waals surface area contributed by atoms with Crippen molar-refractivity contribution in [1.29, 1.82) is 0 Å². The van der Waals surface area contributed by atoms with Gasteiger partial charge < -0.3 is 14.6 Å². The fraction of sp³-hybridized carbons (Fsp3) is 0.412. The molecule has 1 aromatic heterocycles. The third kappa shape index (κ3) is 4.91. The molecule has 1 aromatic carbocycles. The maximum absolute atomic E-state index is 11.6. The quantitative estimate of drug-likeness (QED) is 0.943. The van der Waals surface area contributed by atoms with E-state index >= 15 is 0 Å². The summed E-state index contributed by atoms with van der Waals surface area (Å²) in [7, 11) is 0. The highest BCUT2D eigenvalue weighted by atomic mass is 16.6. The molecule has 1 amide bonds. The number of imidazole rings is 1. The van der Waals surface area contributed by atoms with E-state index in [4.69, 9.17) is 4.74 Å². The van der Waals surface area contributed by atoms with Crippen molar-refractivity contribution in [2.45, 2.75) is 46.4 Å². The first-order valence-electron chi connectivity index (χ1n) is 7.35. The van der Waals surface area contributed by atoms with E-state index in [9.17, 15) is 4.79 Å². The van der Waals surface area contributed by atoms with Crippen LogP contribution in [0.15, 0.2) is 36.8 Å². The minimum absolute atomic E-state index is 0.357. The summed E-state index contributed by atoms with van der Waals surface area (Å²) >= 11 is 0. The molecule has 0 saturated carbocycles. The van der Waals surface area contributed by atoms with Crippen LogP contribution in [0.3, 0.4) is 0 Å². The molecule has 0 aliphatic carbocycles. The van der Waals surface area contributed by atoms with Crippen molar-refractivity contribution in [3.63, 3.8) is 0 Å². The predicted octanol–water partition coefficient (Wildman–Crippen LogP) is 3.26. The first-order chi connectivity index (χ1) is 10.3. The van der Waals surface area contributed by atoms with Gasteiger partial charge in [0.2, 0.25) is 0 Å². The van der Waals surface area contributed by atoms with Gasteiger partial charge in [0.1, 0.15) is 5.60 Å². The van der Waals surface area contributed by atoms with Crippen LogP contribution < -0.4 is 5.32 Å². The van der Waals surface area contributed by atoms with Gasteiger partial charge in [0.25, 0.3) is 0 Å². The van der Waals surface area contributed by atoms with Gasteiger partial charge in [-0.2, -0.15) is 0 Å². The second-order valence-electron chi connectivity index (χ2n) is 6.32. The number of carbonyl (C=O) groups is 1. The van der Waals surface area contributed by atoms with Crippen molar-refractivity contribution in [2.24, 2.45) is 0 Å². The Morgan fingerprint density at radius 2 is 2.05 bits per heavy atom. The van der Waals surface area contributed by atoms with Crippen molar-refractivity contribution in [2.75, 3.05) is 0 Å². The van der Waals surface area contributed by atoms with Crippen molar-refractivity contribution < 1.29 is 9.53 Å². The summed E-state index contributed by atoms with van der Waals surface area (Å²) in [6.45, 7) is 8.73. The average molecular weight is 301 g/mol. The first kappa shape index (κ1) is 16.1. The zero-order chi connectivity index (χ0) is 16.2. The standard InChI is InChI=1S/C17H23N3O2/c1-13-7-5-6-8-14(13)10-20-11-15(19-12-20)9-18-16(21)22-17(2,3)4/h5-8,11-12H,9-10H2,1-4H3,(H,18,21). The van der Waals surface area contributed by atoms with Gasteiger partial charge in [0.05, 0.1) is 18.6 Å². The maximum Gasteiger partial charge on any atom is 0.407 e. The molecule has 0 unspecified atom stereocenters. The molecule has 2 rings (SSSR count). The highest BCUT2D eigenvalue weighted by Gasteiger charge is 2.15. The van der Waals surface area contributed by atoms with Crippen LogP contribution in [0.25, 0.3) is 0 Å². The van der Waals surface area contributed by atoms with Gasteiger partial charge in [-0.3, -0.25) is 0 Å². The monoisotopic (exact) mass is 301 g/mol. The van der Waals surface area contributed by atoms with Crippen LogP contribution >= 0.6 is 0 Å². The predicted molar refractivity (Wildman–Crippen MR) is 85.6 cm³/mol. The van der Waals surface area contributed by atoms with Crippen LogP contribution in [0, 0.1) is 6.92 Å². The number of nitrogens with one attached hydrogen (secondary N) is 1. The molecule has 0 bridgehead atoms. The number of alkyl carbamates (subject to hydrolysis) is 1. The van der Waals surface area contributed by atoms with E-state index in [1.807, 2.05) is 43.7 Å². The van der Waals surface area contributed by atoms with Crippen molar-refractivity contribution >= 4 is 6.09 Å². The Labute approximate surface area is 131 Å². The average Bonchev–Trinajstić information content (AvgIpc) is 2.85. The molecule has 1 N–H and O–H groups in total. The smallest absolute Gasteiger partial charge is 0.407 e. The van der Waals surface area contributed by atoms with E-state index in [-0.39, 0.29) is 0 Å².